The molecule has 0 bridgehead atoms. The normalized spacial score (nSPS) is 14.7. The van der Waals surface area contributed by atoms with Crippen LogP contribution in [0.4, 0.5) is 4.39 Å². The van der Waals surface area contributed by atoms with E-state index in [-0.39, 0.29) is 36.3 Å². The van der Waals surface area contributed by atoms with Crippen LogP contribution < -0.4 is 29.1 Å². The standard InChI is InChI=1S/C34H32BrFN2O6S/c1-6-42-33(40)30-20(4)37-34-38(31(30)23-12-8-10-14-26(23)44-19(2)3)32(39)29(45-34)16-22-15-27(41-5)28(17-24(22)35)43-18-21-11-7-9-13-25(21)36/h7-17,19,31H,6,18H2,1-5H3/b29-16+/t31-/m1/s1. The third-order valence-corrected chi connectivity index (χ3v) is 8.67. The zero-order chi connectivity index (χ0) is 32.2. The van der Waals surface area contributed by atoms with Gasteiger partial charge in [-0.15, -0.1) is 0 Å². The monoisotopic (exact) mass is 694 g/mol. The van der Waals surface area contributed by atoms with Gasteiger partial charge in [-0.05, 0) is 63.6 Å². The van der Waals surface area contributed by atoms with Crippen LogP contribution in [0.1, 0.15) is 50.4 Å². The molecule has 234 valence electrons. The first-order valence-corrected chi connectivity index (χ1v) is 15.9. The first-order chi connectivity index (χ1) is 21.6. The van der Waals surface area contributed by atoms with E-state index in [2.05, 4.69) is 20.9 Å². The largest absolute Gasteiger partial charge is 0.493 e. The van der Waals surface area contributed by atoms with Crippen molar-refractivity contribution < 1.29 is 28.1 Å². The van der Waals surface area contributed by atoms with Crippen LogP contribution in [0.25, 0.3) is 6.08 Å². The number of hydrogen-bond acceptors (Lipinski definition) is 8. The summed E-state index contributed by atoms with van der Waals surface area (Å²) in [7, 11) is 1.51. The number of fused-ring (bicyclic) bond motifs is 1. The Balaban J connectivity index is 1.61. The minimum absolute atomic E-state index is 0.0115. The SMILES string of the molecule is CCOC(=O)C1=C(C)N=c2s/c(=C/c3cc(OC)c(OCc4ccccc4F)cc3Br)c(=O)n2[C@@H]1c1ccccc1OC(C)C. The highest BCUT2D eigenvalue weighted by Gasteiger charge is 2.35. The summed E-state index contributed by atoms with van der Waals surface area (Å²) in [5, 5.41) is 0. The second-order valence-corrected chi connectivity index (χ2v) is 12.3. The van der Waals surface area contributed by atoms with Crippen molar-refractivity contribution >= 4 is 39.3 Å². The molecule has 0 saturated heterocycles. The molecule has 1 aliphatic heterocycles. The van der Waals surface area contributed by atoms with Gasteiger partial charge in [-0.2, -0.15) is 0 Å². The van der Waals surface area contributed by atoms with Crippen molar-refractivity contribution in [3.8, 4) is 17.2 Å². The van der Waals surface area contributed by atoms with E-state index in [9.17, 15) is 14.0 Å². The predicted octanol–water partition coefficient (Wildman–Crippen LogP) is 6.07. The lowest BCUT2D eigenvalue weighted by Crippen LogP contribution is -2.40. The van der Waals surface area contributed by atoms with E-state index in [1.807, 2.05) is 38.1 Å². The van der Waals surface area contributed by atoms with Gasteiger partial charge in [-0.3, -0.25) is 9.36 Å². The summed E-state index contributed by atoms with van der Waals surface area (Å²) in [5.74, 6) is 0.466. The molecule has 0 N–H and O–H groups in total. The highest BCUT2D eigenvalue weighted by atomic mass is 79.9. The van der Waals surface area contributed by atoms with Gasteiger partial charge in [0.1, 0.15) is 24.2 Å². The molecule has 0 radical (unpaired) electrons. The minimum Gasteiger partial charge on any atom is -0.493 e. The number of methoxy groups -OCH3 is 1. The van der Waals surface area contributed by atoms with E-state index < -0.39 is 12.0 Å². The molecule has 45 heavy (non-hydrogen) atoms. The average molecular weight is 696 g/mol. The van der Waals surface area contributed by atoms with Crippen molar-refractivity contribution in [1.29, 1.82) is 0 Å². The Bertz CT molecular complexity index is 1970. The number of benzene rings is 3. The lowest BCUT2D eigenvalue weighted by atomic mass is 9.95. The van der Waals surface area contributed by atoms with Crippen molar-refractivity contribution in [2.75, 3.05) is 13.7 Å². The number of ether oxygens (including phenoxy) is 4. The number of carbonyl (C=O) groups is 1. The highest BCUT2D eigenvalue weighted by Crippen LogP contribution is 2.37. The molecule has 0 unspecified atom stereocenters. The molecular formula is C34H32BrFN2O6S. The fourth-order valence-electron chi connectivity index (χ4n) is 5.00. The van der Waals surface area contributed by atoms with Crippen LogP contribution in [0.3, 0.4) is 0 Å². The third-order valence-electron chi connectivity index (χ3n) is 7.00. The molecule has 1 aliphatic rings. The first-order valence-electron chi connectivity index (χ1n) is 14.3. The number of rotatable bonds is 10. The van der Waals surface area contributed by atoms with Gasteiger partial charge in [0.15, 0.2) is 16.3 Å². The summed E-state index contributed by atoms with van der Waals surface area (Å²) in [4.78, 5) is 32.6. The second-order valence-electron chi connectivity index (χ2n) is 10.4. The Kier molecular flexibility index (Phi) is 9.89. The van der Waals surface area contributed by atoms with Gasteiger partial charge in [-0.1, -0.05) is 63.7 Å². The second kappa shape index (κ2) is 13.8. The van der Waals surface area contributed by atoms with Crippen molar-refractivity contribution in [3.05, 3.63) is 119 Å². The molecule has 2 heterocycles. The predicted molar refractivity (Wildman–Crippen MR) is 174 cm³/mol. The summed E-state index contributed by atoms with van der Waals surface area (Å²) in [6, 6.07) is 16.4. The molecule has 0 aliphatic carbocycles. The van der Waals surface area contributed by atoms with E-state index in [1.54, 1.807) is 50.3 Å². The van der Waals surface area contributed by atoms with E-state index in [1.165, 1.54) is 29.1 Å². The lowest BCUT2D eigenvalue weighted by molar-refractivity contribution is -0.139. The first kappa shape index (κ1) is 32.2. The number of thiazole rings is 1. The molecular weight excluding hydrogens is 663 g/mol. The molecule has 0 saturated carbocycles. The van der Waals surface area contributed by atoms with Gasteiger partial charge in [0.05, 0.1) is 35.6 Å². The number of carbonyl (C=O) groups excluding carboxylic acids is 1. The lowest BCUT2D eigenvalue weighted by Gasteiger charge is -2.26. The number of hydrogen-bond donors (Lipinski definition) is 0. The smallest absolute Gasteiger partial charge is 0.338 e. The summed E-state index contributed by atoms with van der Waals surface area (Å²) < 4.78 is 39.7. The number of nitrogens with zero attached hydrogens (tertiary/aromatic N) is 2. The van der Waals surface area contributed by atoms with E-state index in [4.69, 9.17) is 18.9 Å². The molecule has 0 fully saturated rings. The molecule has 11 heteroatoms. The maximum absolute atomic E-state index is 14.2. The number of esters is 1. The van der Waals surface area contributed by atoms with Crippen molar-refractivity contribution in [2.24, 2.45) is 4.99 Å². The molecule has 1 aromatic heterocycles. The summed E-state index contributed by atoms with van der Waals surface area (Å²) >= 11 is 4.79. The number of aromatic nitrogens is 1. The fraction of sp³-hybridized carbons (Fsp3) is 0.265. The number of para-hydroxylation sites is 1. The quantitative estimate of drug-likeness (QED) is 0.187. The highest BCUT2D eigenvalue weighted by molar-refractivity contribution is 9.10. The molecule has 0 amide bonds. The van der Waals surface area contributed by atoms with Crippen LogP contribution >= 0.6 is 27.3 Å². The Morgan fingerprint density at radius 2 is 1.84 bits per heavy atom. The molecule has 5 rings (SSSR count). The number of halogens is 2. The van der Waals surface area contributed by atoms with Crippen molar-refractivity contribution in [3.63, 3.8) is 0 Å². The van der Waals surface area contributed by atoms with Crippen LogP contribution in [0.5, 0.6) is 17.2 Å². The Labute approximate surface area is 272 Å². The van der Waals surface area contributed by atoms with Gasteiger partial charge in [0.25, 0.3) is 5.56 Å². The van der Waals surface area contributed by atoms with Crippen LogP contribution in [0.2, 0.25) is 0 Å². The Morgan fingerprint density at radius 1 is 1.11 bits per heavy atom. The van der Waals surface area contributed by atoms with Crippen LogP contribution in [-0.4, -0.2) is 30.4 Å². The van der Waals surface area contributed by atoms with Gasteiger partial charge < -0.3 is 18.9 Å². The minimum atomic E-state index is -0.815. The maximum atomic E-state index is 14.2. The summed E-state index contributed by atoms with van der Waals surface area (Å²) in [6.45, 7) is 7.49. The Hall–Kier alpha value is -4.22. The Morgan fingerprint density at radius 3 is 2.56 bits per heavy atom. The third kappa shape index (κ3) is 6.74. The van der Waals surface area contributed by atoms with E-state index >= 15 is 0 Å². The number of allylic oxidation sites excluding steroid dienone is 1. The van der Waals surface area contributed by atoms with Gasteiger partial charge >= 0.3 is 5.97 Å². The van der Waals surface area contributed by atoms with Crippen LogP contribution in [-0.2, 0) is 16.1 Å². The van der Waals surface area contributed by atoms with Gasteiger partial charge in [-0.25, -0.2) is 14.2 Å². The molecule has 3 aromatic carbocycles. The summed E-state index contributed by atoms with van der Waals surface area (Å²) in [5.41, 5.74) is 2.11. The zero-order valence-electron chi connectivity index (χ0n) is 25.4. The summed E-state index contributed by atoms with van der Waals surface area (Å²) in [6.07, 6.45) is 1.60. The topological polar surface area (TPSA) is 88.4 Å². The fourth-order valence-corrected chi connectivity index (χ4v) is 6.47. The van der Waals surface area contributed by atoms with Crippen molar-refractivity contribution in [1.82, 2.24) is 4.57 Å². The molecule has 0 spiro atoms. The van der Waals surface area contributed by atoms with E-state index in [0.717, 1.165) is 0 Å². The van der Waals surface area contributed by atoms with Gasteiger partial charge in [0.2, 0.25) is 0 Å². The average Bonchev–Trinajstić information content (AvgIpc) is 3.31. The van der Waals surface area contributed by atoms with Crippen molar-refractivity contribution in [2.45, 2.75) is 46.4 Å². The molecule has 4 aromatic rings. The van der Waals surface area contributed by atoms with Crippen LogP contribution in [0, 0.1) is 5.82 Å². The molecule has 1 atom stereocenters. The van der Waals surface area contributed by atoms with Crippen LogP contribution in [0.15, 0.2) is 86.2 Å². The molecule has 8 nitrogen and oxygen atoms in total. The zero-order valence-corrected chi connectivity index (χ0v) is 27.8. The maximum Gasteiger partial charge on any atom is 0.338 e. The van der Waals surface area contributed by atoms with E-state index in [0.29, 0.717) is 53.4 Å². The van der Waals surface area contributed by atoms with Gasteiger partial charge in [0, 0.05) is 15.6 Å².